The minimum absolute atomic E-state index is 0.611. The molecule has 0 aliphatic heterocycles. The summed E-state index contributed by atoms with van der Waals surface area (Å²) in [6, 6.07) is 3.69. The van der Waals surface area contributed by atoms with Crippen LogP contribution in [0.15, 0.2) is 24.5 Å². The van der Waals surface area contributed by atoms with Crippen molar-refractivity contribution in [3.63, 3.8) is 0 Å². The van der Waals surface area contributed by atoms with Gasteiger partial charge in [-0.1, -0.05) is 11.6 Å². The Labute approximate surface area is 92.7 Å². The van der Waals surface area contributed by atoms with Crippen LogP contribution in [0.4, 0.5) is 5.69 Å². The second-order valence-electron chi connectivity index (χ2n) is 3.31. The van der Waals surface area contributed by atoms with Crippen LogP contribution in [-0.4, -0.2) is 14.8 Å². The van der Waals surface area contributed by atoms with Crippen LogP contribution in [0.1, 0.15) is 11.4 Å². The molecule has 2 N–H and O–H groups in total. The average molecular weight is 223 g/mol. The van der Waals surface area contributed by atoms with Crippen LogP contribution >= 0.6 is 11.6 Å². The highest BCUT2D eigenvalue weighted by Gasteiger charge is 2.04. The lowest BCUT2D eigenvalue weighted by molar-refractivity contribution is 0.653. The number of rotatable bonds is 2. The first-order chi connectivity index (χ1) is 7.16. The maximum absolute atomic E-state index is 5.75. The normalized spacial score (nSPS) is 10.5. The summed E-state index contributed by atoms with van der Waals surface area (Å²) < 4.78 is 1.81. The van der Waals surface area contributed by atoms with Gasteiger partial charge in [0.1, 0.15) is 0 Å². The maximum Gasteiger partial charge on any atom is 0.0835 e. The molecule has 0 aliphatic carbocycles. The SMILES string of the molecule is Cc1c(N)cnn1Cc1ccc(Cl)cn1. The first-order valence-electron chi connectivity index (χ1n) is 4.55. The highest BCUT2D eigenvalue weighted by molar-refractivity contribution is 6.30. The molecule has 2 aromatic heterocycles. The summed E-state index contributed by atoms with van der Waals surface area (Å²) in [5.74, 6) is 0. The quantitative estimate of drug-likeness (QED) is 0.844. The number of aromatic nitrogens is 3. The van der Waals surface area contributed by atoms with Crippen LogP contribution in [0.3, 0.4) is 0 Å². The topological polar surface area (TPSA) is 56.7 Å². The van der Waals surface area contributed by atoms with Crippen LogP contribution < -0.4 is 5.73 Å². The molecule has 5 heteroatoms. The molecule has 0 aromatic carbocycles. The summed E-state index contributed by atoms with van der Waals surface area (Å²) >= 11 is 5.75. The molecule has 15 heavy (non-hydrogen) atoms. The smallest absolute Gasteiger partial charge is 0.0835 e. The van der Waals surface area contributed by atoms with E-state index in [0.717, 1.165) is 11.4 Å². The maximum atomic E-state index is 5.75. The molecule has 2 heterocycles. The molecule has 0 radical (unpaired) electrons. The van der Waals surface area contributed by atoms with Gasteiger partial charge >= 0.3 is 0 Å². The van der Waals surface area contributed by atoms with Crippen molar-refractivity contribution in [1.82, 2.24) is 14.8 Å². The molecular formula is C10H11ClN4. The molecule has 0 saturated heterocycles. The Morgan fingerprint density at radius 3 is 2.73 bits per heavy atom. The highest BCUT2D eigenvalue weighted by atomic mass is 35.5. The van der Waals surface area contributed by atoms with Gasteiger partial charge in [-0.05, 0) is 19.1 Å². The van der Waals surface area contributed by atoms with Gasteiger partial charge in [-0.3, -0.25) is 9.67 Å². The lowest BCUT2D eigenvalue weighted by Crippen LogP contribution is -2.05. The molecule has 0 atom stereocenters. The number of nitrogen functional groups attached to an aromatic ring is 1. The van der Waals surface area contributed by atoms with Crippen molar-refractivity contribution in [2.45, 2.75) is 13.5 Å². The minimum atomic E-state index is 0.611. The number of nitrogens with zero attached hydrogens (tertiary/aromatic N) is 3. The fourth-order valence-electron chi connectivity index (χ4n) is 1.27. The first-order valence-corrected chi connectivity index (χ1v) is 4.93. The number of hydrogen-bond donors (Lipinski definition) is 1. The summed E-state index contributed by atoms with van der Waals surface area (Å²) in [6.45, 7) is 2.54. The molecule has 0 spiro atoms. The van der Waals surface area contributed by atoms with Crippen molar-refractivity contribution in [2.24, 2.45) is 0 Å². The van der Waals surface area contributed by atoms with E-state index in [9.17, 15) is 0 Å². The van der Waals surface area contributed by atoms with Gasteiger partial charge in [0, 0.05) is 6.20 Å². The summed E-state index contributed by atoms with van der Waals surface area (Å²) in [6.07, 6.45) is 3.27. The molecule has 2 aromatic rings. The lowest BCUT2D eigenvalue weighted by atomic mass is 10.3. The molecule has 78 valence electrons. The van der Waals surface area contributed by atoms with Crippen molar-refractivity contribution in [2.75, 3.05) is 5.73 Å². The molecule has 4 nitrogen and oxygen atoms in total. The Kier molecular flexibility index (Phi) is 2.60. The van der Waals surface area contributed by atoms with Gasteiger partial charge in [0.2, 0.25) is 0 Å². The van der Waals surface area contributed by atoms with Crippen molar-refractivity contribution in [3.05, 3.63) is 40.9 Å². The Morgan fingerprint density at radius 2 is 2.20 bits per heavy atom. The van der Waals surface area contributed by atoms with E-state index >= 15 is 0 Å². The van der Waals surface area contributed by atoms with E-state index in [0.29, 0.717) is 17.3 Å². The Hall–Kier alpha value is -1.55. The predicted octanol–water partition coefficient (Wildman–Crippen LogP) is 1.87. The second kappa shape index (κ2) is 3.90. The first kappa shape index (κ1) is 9.98. The van der Waals surface area contributed by atoms with Crippen LogP contribution in [-0.2, 0) is 6.54 Å². The molecule has 0 unspecified atom stereocenters. The Morgan fingerprint density at radius 1 is 1.40 bits per heavy atom. The number of pyridine rings is 1. The Balaban J connectivity index is 2.22. The van der Waals surface area contributed by atoms with E-state index in [1.807, 2.05) is 23.7 Å². The predicted molar refractivity (Wildman–Crippen MR) is 59.7 cm³/mol. The summed E-state index contributed by atoms with van der Waals surface area (Å²) in [7, 11) is 0. The van der Waals surface area contributed by atoms with Crippen molar-refractivity contribution in [1.29, 1.82) is 0 Å². The largest absolute Gasteiger partial charge is 0.396 e. The van der Waals surface area contributed by atoms with Crippen LogP contribution in [0.2, 0.25) is 5.02 Å². The second-order valence-corrected chi connectivity index (χ2v) is 3.75. The third-order valence-electron chi connectivity index (χ3n) is 2.24. The van der Waals surface area contributed by atoms with Gasteiger partial charge in [0.25, 0.3) is 0 Å². The number of nitrogens with two attached hydrogens (primary N) is 1. The average Bonchev–Trinajstić information content (AvgIpc) is 2.53. The van der Waals surface area contributed by atoms with Gasteiger partial charge in [0.05, 0.1) is 34.8 Å². The van der Waals surface area contributed by atoms with E-state index < -0.39 is 0 Å². The third-order valence-corrected chi connectivity index (χ3v) is 2.47. The fraction of sp³-hybridized carbons (Fsp3) is 0.200. The van der Waals surface area contributed by atoms with Crippen LogP contribution in [0.25, 0.3) is 0 Å². The fourth-order valence-corrected chi connectivity index (χ4v) is 1.39. The van der Waals surface area contributed by atoms with Gasteiger partial charge in [-0.25, -0.2) is 0 Å². The van der Waals surface area contributed by atoms with Crippen molar-refractivity contribution >= 4 is 17.3 Å². The van der Waals surface area contributed by atoms with Gasteiger partial charge in [-0.15, -0.1) is 0 Å². The number of hydrogen-bond acceptors (Lipinski definition) is 3. The van der Waals surface area contributed by atoms with E-state index in [-0.39, 0.29) is 0 Å². The molecule has 0 fully saturated rings. The van der Waals surface area contributed by atoms with E-state index in [4.69, 9.17) is 17.3 Å². The molecule has 0 bridgehead atoms. The summed E-state index contributed by atoms with van der Waals surface area (Å²) in [5.41, 5.74) is 8.25. The molecular weight excluding hydrogens is 212 g/mol. The van der Waals surface area contributed by atoms with Gasteiger partial charge < -0.3 is 5.73 Å². The lowest BCUT2D eigenvalue weighted by Gasteiger charge is -2.03. The molecule has 0 aliphatic rings. The molecule has 0 saturated carbocycles. The zero-order valence-electron chi connectivity index (χ0n) is 8.31. The van der Waals surface area contributed by atoms with E-state index in [1.165, 1.54) is 0 Å². The highest BCUT2D eigenvalue weighted by Crippen LogP contribution is 2.11. The van der Waals surface area contributed by atoms with Crippen LogP contribution in [0, 0.1) is 6.92 Å². The third kappa shape index (κ3) is 2.10. The van der Waals surface area contributed by atoms with Crippen molar-refractivity contribution < 1.29 is 0 Å². The molecule has 2 rings (SSSR count). The van der Waals surface area contributed by atoms with Gasteiger partial charge in [-0.2, -0.15) is 5.10 Å². The van der Waals surface area contributed by atoms with E-state index in [2.05, 4.69) is 10.1 Å². The Bertz CT molecular complexity index is 461. The molecule has 0 amide bonds. The van der Waals surface area contributed by atoms with Crippen LogP contribution in [0.5, 0.6) is 0 Å². The zero-order chi connectivity index (χ0) is 10.8. The number of anilines is 1. The number of halogens is 1. The van der Waals surface area contributed by atoms with E-state index in [1.54, 1.807) is 12.4 Å². The van der Waals surface area contributed by atoms with Crippen molar-refractivity contribution in [3.8, 4) is 0 Å². The van der Waals surface area contributed by atoms with Gasteiger partial charge in [0.15, 0.2) is 0 Å². The summed E-state index contributed by atoms with van der Waals surface area (Å²) in [5, 5.41) is 4.79. The summed E-state index contributed by atoms with van der Waals surface area (Å²) in [4.78, 5) is 4.19. The standard InChI is InChI=1S/C10H11ClN4/c1-7-10(12)5-14-15(7)6-9-3-2-8(11)4-13-9/h2-5H,6,12H2,1H3. The zero-order valence-corrected chi connectivity index (χ0v) is 9.07. The minimum Gasteiger partial charge on any atom is -0.396 e. The monoisotopic (exact) mass is 222 g/mol.